The molecule has 0 radical (unpaired) electrons. The van der Waals surface area contributed by atoms with Crippen LogP contribution in [0.25, 0.3) is 0 Å². The van der Waals surface area contributed by atoms with Gasteiger partial charge in [-0.2, -0.15) is 0 Å². The summed E-state index contributed by atoms with van der Waals surface area (Å²) >= 11 is 3.29. The molecule has 2 atom stereocenters. The Labute approximate surface area is 137 Å². The summed E-state index contributed by atoms with van der Waals surface area (Å²) in [4.78, 5) is 23.2. The van der Waals surface area contributed by atoms with Crippen LogP contribution >= 0.6 is 15.9 Å². The molecule has 120 valence electrons. The fourth-order valence-corrected chi connectivity index (χ4v) is 4.42. The van der Waals surface area contributed by atoms with Gasteiger partial charge in [-0.15, -0.1) is 0 Å². The van der Waals surface area contributed by atoms with Gasteiger partial charge in [0.2, 0.25) is 5.91 Å². The first-order chi connectivity index (χ1) is 10.3. The Morgan fingerprint density at radius 3 is 2.45 bits per heavy atom. The molecule has 1 aromatic carbocycles. The lowest BCUT2D eigenvalue weighted by atomic mass is 10.0. The number of aliphatic carboxylic acids is 1. The first-order valence-electron chi connectivity index (χ1n) is 6.75. The van der Waals surface area contributed by atoms with E-state index in [1.54, 1.807) is 24.3 Å². The molecule has 2 N–H and O–H groups in total. The molecule has 0 saturated carbocycles. The van der Waals surface area contributed by atoms with Gasteiger partial charge in [0, 0.05) is 4.47 Å². The number of hydrogen-bond donors (Lipinski definition) is 2. The average molecular weight is 390 g/mol. The predicted octanol–water partition coefficient (Wildman–Crippen LogP) is 1.52. The van der Waals surface area contributed by atoms with Crippen LogP contribution < -0.4 is 5.32 Å². The molecule has 0 bridgehead atoms. The van der Waals surface area contributed by atoms with Gasteiger partial charge in [-0.1, -0.05) is 28.1 Å². The normalized spacial score (nSPS) is 21.2. The van der Waals surface area contributed by atoms with Crippen LogP contribution in [0, 0.1) is 5.92 Å². The van der Waals surface area contributed by atoms with Crippen LogP contribution in [0.2, 0.25) is 0 Å². The Morgan fingerprint density at radius 2 is 1.95 bits per heavy atom. The maximum Gasteiger partial charge on any atom is 0.305 e. The van der Waals surface area contributed by atoms with Gasteiger partial charge < -0.3 is 10.4 Å². The summed E-state index contributed by atoms with van der Waals surface area (Å²) in [7, 11) is -3.15. The third kappa shape index (κ3) is 4.54. The number of amides is 1. The molecule has 0 spiro atoms. The van der Waals surface area contributed by atoms with Crippen molar-refractivity contribution in [3.05, 3.63) is 34.3 Å². The number of rotatable bonds is 5. The van der Waals surface area contributed by atoms with Gasteiger partial charge in [0.25, 0.3) is 0 Å². The number of hydrogen-bond acceptors (Lipinski definition) is 4. The summed E-state index contributed by atoms with van der Waals surface area (Å²) < 4.78 is 23.7. The summed E-state index contributed by atoms with van der Waals surface area (Å²) in [5.74, 6) is -2.20. The number of benzene rings is 1. The van der Waals surface area contributed by atoms with Crippen LogP contribution in [-0.4, -0.2) is 36.9 Å². The second-order valence-electron chi connectivity index (χ2n) is 5.31. The van der Waals surface area contributed by atoms with E-state index in [-0.39, 0.29) is 24.3 Å². The van der Waals surface area contributed by atoms with Crippen molar-refractivity contribution < 1.29 is 23.1 Å². The van der Waals surface area contributed by atoms with Gasteiger partial charge in [-0.25, -0.2) is 8.42 Å². The highest BCUT2D eigenvalue weighted by Crippen LogP contribution is 2.23. The molecule has 8 heteroatoms. The maximum absolute atomic E-state index is 12.2. The van der Waals surface area contributed by atoms with Gasteiger partial charge in [-0.05, 0) is 24.1 Å². The number of carbonyl (C=O) groups excluding carboxylic acids is 1. The van der Waals surface area contributed by atoms with Gasteiger partial charge in [0.15, 0.2) is 9.84 Å². The van der Waals surface area contributed by atoms with Crippen molar-refractivity contribution >= 4 is 37.6 Å². The van der Waals surface area contributed by atoms with Crippen LogP contribution in [0.3, 0.4) is 0 Å². The van der Waals surface area contributed by atoms with Crippen molar-refractivity contribution in [3.63, 3.8) is 0 Å². The topological polar surface area (TPSA) is 101 Å². The van der Waals surface area contributed by atoms with Gasteiger partial charge in [-0.3, -0.25) is 9.59 Å². The Hall–Kier alpha value is -1.41. The van der Waals surface area contributed by atoms with Crippen molar-refractivity contribution in [3.8, 4) is 0 Å². The zero-order chi connectivity index (χ0) is 16.3. The highest BCUT2D eigenvalue weighted by Gasteiger charge is 2.34. The van der Waals surface area contributed by atoms with Crippen LogP contribution in [0.1, 0.15) is 24.4 Å². The molecule has 22 heavy (non-hydrogen) atoms. The molecule has 1 fully saturated rings. The Morgan fingerprint density at radius 1 is 1.32 bits per heavy atom. The number of carboxylic acid groups (broad SMARTS) is 1. The largest absolute Gasteiger partial charge is 0.481 e. The molecule has 2 rings (SSSR count). The van der Waals surface area contributed by atoms with Crippen molar-refractivity contribution in [1.29, 1.82) is 0 Å². The van der Waals surface area contributed by atoms with E-state index in [2.05, 4.69) is 21.2 Å². The fourth-order valence-electron chi connectivity index (χ4n) is 2.41. The smallest absolute Gasteiger partial charge is 0.305 e. The minimum atomic E-state index is -3.15. The molecule has 2 unspecified atom stereocenters. The van der Waals surface area contributed by atoms with E-state index < -0.39 is 33.7 Å². The lowest BCUT2D eigenvalue weighted by molar-refractivity contribution is -0.137. The molecule has 1 aliphatic rings. The molecule has 0 aliphatic carbocycles. The summed E-state index contributed by atoms with van der Waals surface area (Å²) in [6, 6.07) is 6.29. The van der Waals surface area contributed by atoms with Crippen molar-refractivity contribution in [2.24, 2.45) is 5.92 Å². The zero-order valence-electron chi connectivity index (χ0n) is 11.7. The first-order valence-corrected chi connectivity index (χ1v) is 9.36. The van der Waals surface area contributed by atoms with E-state index in [0.29, 0.717) is 5.56 Å². The van der Waals surface area contributed by atoms with Crippen LogP contribution in [-0.2, 0) is 19.4 Å². The molecule has 1 saturated heterocycles. The molecular weight excluding hydrogens is 374 g/mol. The second kappa shape index (κ2) is 6.78. The number of nitrogens with one attached hydrogen (secondary N) is 1. The molecule has 1 heterocycles. The second-order valence-corrected chi connectivity index (χ2v) is 8.45. The van der Waals surface area contributed by atoms with Gasteiger partial charge >= 0.3 is 5.97 Å². The predicted molar refractivity (Wildman–Crippen MR) is 84.0 cm³/mol. The summed E-state index contributed by atoms with van der Waals surface area (Å²) in [6.45, 7) is 0. The minimum absolute atomic E-state index is 0.00691. The third-order valence-electron chi connectivity index (χ3n) is 3.57. The Bertz CT molecular complexity index is 671. The van der Waals surface area contributed by atoms with Gasteiger partial charge in [0.05, 0.1) is 29.9 Å². The van der Waals surface area contributed by atoms with Crippen LogP contribution in [0.5, 0.6) is 0 Å². The van der Waals surface area contributed by atoms with E-state index in [1.807, 2.05) is 0 Å². The summed E-state index contributed by atoms with van der Waals surface area (Å²) in [5, 5.41) is 11.7. The SMILES string of the molecule is O=C(O)CC(NC(=O)C1CCS(=O)(=O)C1)c1ccc(Br)cc1. The number of halogens is 1. The molecule has 1 amide bonds. The number of sulfone groups is 1. The number of carbonyl (C=O) groups is 2. The fraction of sp³-hybridized carbons (Fsp3) is 0.429. The standard InChI is InChI=1S/C14H16BrNO5S/c15-11-3-1-9(2-4-11)12(7-13(17)18)16-14(19)10-5-6-22(20,21)8-10/h1-4,10,12H,5-8H2,(H,16,19)(H,17,18). The number of carboxylic acids is 1. The first kappa shape index (κ1) is 17.0. The van der Waals surface area contributed by atoms with E-state index in [0.717, 1.165) is 4.47 Å². The highest BCUT2D eigenvalue weighted by atomic mass is 79.9. The lowest BCUT2D eigenvalue weighted by Crippen LogP contribution is -2.35. The molecular formula is C14H16BrNO5S. The molecule has 6 nitrogen and oxygen atoms in total. The maximum atomic E-state index is 12.2. The summed E-state index contributed by atoms with van der Waals surface area (Å²) in [5.41, 5.74) is 0.666. The van der Waals surface area contributed by atoms with Crippen molar-refractivity contribution in [1.82, 2.24) is 5.32 Å². The summed E-state index contributed by atoms with van der Waals surface area (Å²) in [6.07, 6.45) is 0.0289. The third-order valence-corrected chi connectivity index (χ3v) is 5.87. The highest BCUT2D eigenvalue weighted by molar-refractivity contribution is 9.10. The lowest BCUT2D eigenvalue weighted by Gasteiger charge is -2.19. The van der Waals surface area contributed by atoms with Crippen molar-refractivity contribution in [2.75, 3.05) is 11.5 Å². The molecule has 1 aromatic rings. The molecule has 0 aromatic heterocycles. The zero-order valence-corrected chi connectivity index (χ0v) is 14.1. The Kier molecular flexibility index (Phi) is 5.23. The van der Waals surface area contributed by atoms with Gasteiger partial charge in [0.1, 0.15) is 0 Å². The average Bonchev–Trinajstić information content (AvgIpc) is 2.79. The van der Waals surface area contributed by atoms with E-state index in [4.69, 9.17) is 5.11 Å². The Balaban J connectivity index is 2.11. The monoisotopic (exact) mass is 389 g/mol. The van der Waals surface area contributed by atoms with E-state index in [9.17, 15) is 18.0 Å². The van der Waals surface area contributed by atoms with E-state index >= 15 is 0 Å². The van der Waals surface area contributed by atoms with E-state index in [1.165, 1.54) is 0 Å². The molecule has 1 aliphatic heterocycles. The van der Waals surface area contributed by atoms with Crippen molar-refractivity contribution in [2.45, 2.75) is 18.9 Å². The van der Waals surface area contributed by atoms with Crippen LogP contribution in [0.4, 0.5) is 0 Å². The quantitative estimate of drug-likeness (QED) is 0.794. The minimum Gasteiger partial charge on any atom is -0.481 e. The van der Waals surface area contributed by atoms with Crippen LogP contribution in [0.15, 0.2) is 28.7 Å².